The number of nitrogens with one attached hydrogen (secondary N) is 1. The van der Waals surface area contributed by atoms with Crippen molar-refractivity contribution in [3.8, 4) is 0 Å². The number of hydrogen-bond acceptors (Lipinski definition) is 3. The highest BCUT2D eigenvalue weighted by molar-refractivity contribution is 9.10. The van der Waals surface area contributed by atoms with Gasteiger partial charge < -0.3 is 14.5 Å². The van der Waals surface area contributed by atoms with Gasteiger partial charge in [0.05, 0.1) is 12.9 Å². The standard InChI is InChI=1S/C16H18BrNO2/c17-14-3-1-12(2-4-14)9-19-11-16-7-13(10-20-16)8-18-15-5-6-15/h1-4,7,10,15,18H,5-6,8-9,11H2. The third-order valence-corrected chi connectivity index (χ3v) is 3.84. The Morgan fingerprint density at radius 1 is 1.15 bits per heavy atom. The first kappa shape index (κ1) is 13.9. The molecule has 0 unspecified atom stereocenters. The van der Waals surface area contributed by atoms with Gasteiger partial charge in [0.15, 0.2) is 0 Å². The Morgan fingerprint density at radius 2 is 1.95 bits per heavy atom. The summed E-state index contributed by atoms with van der Waals surface area (Å²) in [5.74, 6) is 0.884. The Kier molecular flexibility index (Phi) is 4.55. The summed E-state index contributed by atoms with van der Waals surface area (Å²) < 4.78 is 12.3. The van der Waals surface area contributed by atoms with E-state index in [0.717, 1.165) is 28.4 Å². The van der Waals surface area contributed by atoms with Gasteiger partial charge in [-0.15, -0.1) is 0 Å². The molecule has 106 valence electrons. The van der Waals surface area contributed by atoms with Gasteiger partial charge in [0.25, 0.3) is 0 Å². The van der Waals surface area contributed by atoms with Gasteiger partial charge in [0, 0.05) is 22.6 Å². The van der Waals surface area contributed by atoms with E-state index in [1.165, 1.54) is 18.4 Å². The number of rotatable bonds is 7. The van der Waals surface area contributed by atoms with Crippen molar-refractivity contribution >= 4 is 15.9 Å². The summed E-state index contributed by atoms with van der Waals surface area (Å²) in [6, 6.07) is 10.9. The second-order valence-corrected chi connectivity index (χ2v) is 6.11. The van der Waals surface area contributed by atoms with Crippen LogP contribution in [-0.2, 0) is 24.5 Å². The van der Waals surface area contributed by atoms with Crippen LogP contribution in [0.3, 0.4) is 0 Å². The molecule has 2 aromatic rings. The normalized spacial score (nSPS) is 14.7. The SMILES string of the molecule is Brc1ccc(COCc2cc(CNC3CC3)co2)cc1. The number of furan rings is 1. The predicted octanol–water partition coefficient (Wildman–Crippen LogP) is 4.01. The van der Waals surface area contributed by atoms with Crippen molar-refractivity contribution < 1.29 is 9.15 Å². The molecule has 0 bridgehead atoms. The summed E-state index contributed by atoms with van der Waals surface area (Å²) in [7, 11) is 0. The molecule has 1 fully saturated rings. The van der Waals surface area contributed by atoms with Gasteiger partial charge in [-0.05, 0) is 36.6 Å². The molecule has 0 radical (unpaired) electrons. The van der Waals surface area contributed by atoms with E-state index in [4.69, 9.17) is 9.15 Å². The Bertz CT molecular complexity index is 546. The molecule has 1 aliphatic carbocycles. The quantitative estimate of drug-likeness (QED) is 0.830. The van der Waals surface area contributed by atoms with Crippen LogP contribution in [0.25, 0.3) is 0 Å². The molecule has 1 aliphatic rings. The van der Waals surface area contributed by atoms with Crippen molar-refractivity contribution in [2.75, 3.05) is 0 Å². The van der Waals surface area contributed by atoms with Crippen molar-refractivity contribution in [3.05, 3.63) is 58.0 Å². The summed E-state index contributed by atoms with van der Waals surface area (Å²) in [5, 5.41) is 3.47. The zero-order valence-corrected chi connectivity index (χ0v) is 12.9. The fourth-order valence-corrected chi connectivity index (χ4v) is 2.26. The lowest BCUT2D eigenvalue weighted by atomic mass is 10.2. The molecule has 1 N–H and O–H groups in total. The van der Waals surface area contributed by atoms with Gasteiger partial charge in [-0.25, -0.2) is 0 Å². The van der Waals surface area contributed by atoms with E-state index in [2.05, 4.69) is 39.4 Å². The molecule has 1 heterocycles. The van der Waals surface area contributed by atoms with Gasteiger partial charge in [-0.2, -0.15) is 0 Å². The van der Waals surface area contributed by atoms with Crippen LogP contribution in [0, 0.1) is 0 Å². The van der Waals surface area contributed by atoms with Crippen LogP contribution in [0.1, 0.15) is 29.7 Å². The highest BCUT2D eigenvalue weighted by atomic mass is 79.9. The first-order chi connectivity index (χ1) is 9.79. The molecule has 1 aromatic heterocycles. The smallest absolute Gasteiger partial charge is 0.129 e. The van der Waals surface area contributed by atoms with Crippen molar-refractivity contribution in [1.29, 1.82) is 0 Å². The lowest BCUT2D eigenvalue weighted by Crippen LogP contribution is -2.14. The molecule has 20 heavy (non-hydrogen) atoms. The summed E-state index contributed by atoms with van der Waals surface area (Å²) in [4.78, 5) is 0. The first-order valence-electron chi connectivity index (χ1n) is 6.91. The fraction of sp³-hybridized carbons (Fsp3) is 0.375. The molecule has 0 aliphatic heterocycles. The van der Waals surface area contributed by atoms with Crippen molar-refractivity contribution in [2.45, 2.75) is 38.6 Å². The Balaban J connectivity index is 1.42. The van der Waals surface area contributed by atoms with Gasteiger partial charge in [0.1, 0.15) is 12.4 Å². The zero-order chi connectivity index (χ0) is 13.8. The zero-order valence-electron chi connectivity index (χ0n) is 11.3. The highest BCUT2D eigenvalue weighted by Gasteiger charge is 2.20. The minimum atomic E-state index is 0.513. The molecule has 3 nitrogen and oxygen atoms in total. The van der Waals surface area contributed by atoms with E-state index >= 15 is 0 Å². The first-order valence-corrected chi connectivity index (χ1v) is 7.71. The van der Waals surface area contributed by atoms with Crippen molar-refractivity contribution in [1.82, 2.24) is 5.32 Å². The molecule has 0 spiro atoms. The van der Waals surface area contributed by atoms with E-state index in [9.17, 15) is 0 Å². The largest absolute Gasteiger partial charge is 0.467 e. The monoisotopic (exact) mass is 335 g/mol. The van der Waals surface area contributed by atoms with Crippen molar-refractivity contribution in [2.24, 2.45) is 0 Å². The van der Waals surface area contributed by atoms with E-state index < -0.39 is 0 Å². The van der Waals surface area contributed by atoms with E-state index in [1.807, 2.05) is 18.4 Å². The lowest BCUT2D eigenvalue weighted by Gasteiger charge is -2.02. The summed E-state index contributed by atoms with van der Waals surface area (Å²) in [6.45, 7) is 2.00. The molecule has 3 rings (SSSR count). The lowest BCUT2D eigenvalue weighted by molar-refractivity contribution is 0.0929. The molecular formula is C16H18BrNO2. The average molecular weight is 336 g/mol. The molecule has 4 heteroatoms. The molecule has 0 atom stereocenters. The summed E-state index contributed by atoms with van der Waals surface area (Å²) >= 11 is 3.42. The van der Waals surface area contributed by atoms with Gasteiger partial charge >= 0.3 is 0 Å². The topological polar surface area (TPSA) is 34.4 Å². The summed E-state index contributed by atoms with van der Waals surface area (Å²) in [6.07, 6.45) is 4.43. The summed E-state index contributed by atoms with van der Waals surface area (Å²) in [5.41, 5.74) is 2.36. The predicted molar refractivity (Wildman–Crippen MR) is 81.2 cm³/mol. The number of benzene rings is 1. The van der Waals surface area contributed by atoms with Gasteiger partial charge in [0.2, 0.25) is 0 Å². The fourth-order valence-electron chi connectivity index (χ4n) is 1.99. The van der Waals surface area contributed by atoms with E-state index in [-0.39, 0.29) is 0 Å². The third kappa shape index (κ3) is 4.20. The molecule has 0 amide bonds. The molecular weight excluding hydrogens is 318 g/mol. The second-order valence-electron chi connectivity index (χ2n) is 5.20. The Morgan fingerprint density at radius 3 is 2.70 bits per heavy atom. The minimum Gasteiger partial charge on any atom is -0.467 e. The van der Waals surface area contributed by atoms with Crippen LogP contribution in [0.5, 0.6) is 0 Å². The maximum absolute atomic E-state index is 5.67. The maximum atomic E-state index is 5.67. The number of ether oxygens (including phenoxy) is 1. The average Bonchev–Trinajstić information content (AvgIpc) is 3.18. The highest BCUT2D eigenvalue weighted by Crippen LogP contribution is 2.20. The van der Waals surface area contributed by atoms with Crippen LogP contribution < -0.4 is 5.32 Å². The maximum Gasteiger partial charge on any atom is 0.129 e. The number of halogens is 1. The second kappa shape index (κ2) is 6.57. The number of hydrogen-bond donors (Lipinski definition) is 1. The van der Waals surface area contributed by atoms with E-state index in [1.54, 1.807) is 0 Å². The van der Waals surface area contributed by atoms with Gasteiger partial charge in [-0.3, -0.25) is 0 Å². The van der Waals surface area contributed by atoms with Crippen molar-refractivity contribution in [3.63, 3.8) is 0 Å². The van der Waals surface area contributed by atoms with Crippen LogP contribution in [-0.4, -0.2) is 6.04 Å². The molecule has 1 aromatic carbocycles. The Hall–Kier alpha value is -1.10. The van der Waals surface area contributed by atoms with Crippen LogP contribution in [0.4, 0.5) is 0 Å². The van der Waals surface area contributed by atoms with E-state index in [0.29, 0.717) is 13.2 Å². The van der Waals surface area contributed by atoms with Crippen LogP contribution >= 0.6 is 15.9 Å². The Labute approximate surface area is 127 Å². The van der Waals surface area contributed by atoms with Crippen LogP contribution in [0.2, 0.25) is 0 Å². The van der Waals surface area contributed by atoms with Gasteiger partial charge in [-0.1, -0.05) is 28.1 Å². The molecule has 0 saturated heterocycles. The van der Waals surface area contributed by atoms with Crippen LogP contribution in [0.15, 0.2) is 45.5 Å². The minimum absolute atomic E-state index is 0.513. The third-order valence-electron chi connectivity index (χ3n) is 3.31. The molecule has 1 saturated carbocycles.